The summed E-state index contributed by atoms with van der Waals surface area (Å²) in [7, 11) is 0. The molecule has 2 heterocycles. The van der Waals surface area contributed by atoms with Crippen LogP contribution in [0.4, 0.5) is 22.0 Å². The second-order valence-electron chi connectivity index (χ2n) is 6.34. The lowest BCUT2D eigenvalue weighted by Crippen LogP contribution is -2.45. The molecule has 0 aliphatic carbocycles. The molecular weight excluding hydrogens is 353 g/mol. The zero-order valence-corrected chi connectivity index (χ0v) is 13.9. The molecule has 0 saturated carbocycles. The molecule has 0 atom stereocenters. The van der Waals surface area contributed by atoms with Crippen LogP contribution < -0.4 is 0 Å². The fourth-order valence-electron chi connectivity index (χ4n) is 2.98. The van der Waals surface area contributed by atoms with E-state index in [1.807, 2.05) is 9.80 Å². The molecule has 140 valence electrons. The summed E-state index contributed by atoms with van der Waals surface area (Å²) in [5, 5.41) is 0. The zero-order valence-electron chi connectivity index (χ0n) is 13.9. The van der Waals surface area contributed by atoms with E-state index in [1.54, 1.807) is 6.07 Å². The number of hydrogen-bond donors (Lipinski definition) is 0. The smallest absolute Gasteiger partial charge is 0.297 e. The number of alkyl halides is 3. The maximum atomic E-state index is 13.7. The number of nitrogens with zero attached hydrogens (tertiary/aromatic N) is 3. The number of pyridine rings is 1. The number of halogens is 5. The van der Waals surface area contributed by atoms with Gasteiger partial charge in [0.1, 0.15) is 17.3 Å². The molecule has 1 aliphatic rings. The van der Waals surface area contributed by atoms with E-state index in [0.29, 0.717) is 50.4 Å². The Bertz CT molecular complexity index is 755. The van der Waals surface area contributed by atoms with E-state index in [-0.39, 0.29) is 0 Å². The molecule has 0 spiro atoms. The number of hydrogen-bond acceptors (Lipinski definition) is 3. The Hall–Kier alpha value is -2.06. The van der Waals surface area contributed by atoms with Crippen molar-refractivity contribution in [3.8, 4) is 0 Å². The normalized spacial score (nSPS) is 16.8. The first-order chi connectivity index (χ1) is 12.3. The average Bonchev–Trinajstić information content (AvgIpc) is 2.58. The van der Waals surface area contributed by atoms with Crippen LogP contribution in [0.1, 0.15) is 16.8 Å². The molecule has 0 N–H and O–H groups in total. The van der Waals surface area contributed by atoms with Gasteiger partial charge >= 0.3 is 6.18 Å². The molecule has 1 aromatic carbocycles. The molecule has 2 aromatic rings. The summed E-state index contributed by atoms with van der Waals surface area (Å²) in [6, 6.07) is 6.19. The van der Waals surface area contributed by atoms with E-state index < -0.39 is 23.5 Å². The Morgan fingerprint density at radius 3 is 2.15 bits per heavy atom. The lowest BCUT2D eigenvalue weighted by atomic mass is 10.1. The maximum absolute atomic E-state index is 13.7. The number of piperazine rings is 1. The topological polar surface area (TPSA) is 19.4 Å². The van der Waals surface area contributed by atoms with Crippen LogP contribution in [0.3, 0.4) is 0 Å². The van der Waals surface area contributed by atoms with Gasteiger partial charge in [0, 0.05) is 57.1 Å². The molecule has 1 fully saturated rings. The Balaban J connectivity index is 1.54. The van der Waals surface area contributed by atoms with Crippen LogP contribution in [0.15, 0.2) is 36.5 Å². The summed E-state index contributed by atoms with van der Waals surface area (Å²) in [6.45, 7) is 3.43. The number of benzene rings is 1. The standard InChI is InChI=1S/C18H18F5N3/c19-15-2-1-14(16(20)10-15)12-26-7-5-25(6-8-26)11-13-3-4-24-17(9-13)18(21,22)23/h1-4,9-10H,5-8,11-12H2. The van der Waals surface area contributed by atoms with Gasteiger partial charge in [0.05, 0.1) is 0 Å². The summed E-state index contributed by atoms with van der Waals surface area (Å²) in [5.74, 6) is -1.17. The molecule has 0 unspecified atom stereocenters. The maximum Gasteiger partial charge on any atom is 0.433 e. The molecule has 26 heavy (non-hydrogen) atoms. The minimum atomic E-state index is -4.45. The third kappa shape index (κ3) is 4.76. The first kappa shape index (κ1) is 18.7. The zero-order chi connectivity index (χ0) is 18.7. The van der Waals surface area contributed by atoms with Crippen molar-refractivity contribution in [2.24, 2.45) is 0 Å². The third-order valence-electron chi connectivity index (χ3n) is 4.39. The Kier molecular flexibility index (Phi) is 5.52. The highest BCUT2D eigenvalue weighted by molar-refractivity contribution is 5.19. The second kappa shape index (κ2) is 7.67. The van der Waals surface area contributed by atoms with E-state index >= 15 is 0 Å². The van der Waals surface area contributed by atoms with Crippen molar-refractivity contribution in [2.45, 2.75) is 19.3 Å². The van der Waals surface area contributed by atoms with Gasteiger partial charge in [-0.3, -0.25) is 14.8 Å². The van der Waals surface area contributed by atoms with Gasteiger partial charge < -0.3 is 0 Å². The molecule has 1 saturated heterocycles. The van der Waals surface area contributed by atoms with Crippen molar-refractivity contribution < 1.29 is 22.0 Å². The van der Waals surface area contributed by atoms with Crippen molar-refractivity contribution >= 4 is 0 Å². The van der Waals surface area contributed by atoms with Crippen LogP contribution in [0, 0.1) is 11.6 Å². The summed E-state index contributed by atoms with van der Waals surface area (Å²) in [6.07, 6.45) is -3.28. The van der Waals surface area contributed by atoms with Gasteiger partial charge in [-0.2, -0.15) is 13.2 Å². The quantitative estimate of drug-likeness (QED) is 0.764. The van der Waals surface area contributed by atoms with Crippen molar-refractivity contribution in [2.75, 3.05) is 26.2 Å². The van der Waals surface area contributed by atoms with Crippen LogP contribution in [0.25, 0.3) is 0 Å². The monoisotopic (exact) mass is 371 g/mol. The molecule has 0 radical (unpaired) electrons. The van der Waals surface area contributed by atoms with Crippen molar-refractivity contribution in [1.29, 1.82) is 0 Å². The Morgan fingerprint density at radius 1 is 0.885 bits per heavy atom. The Morgan fingerprint density at radius 2 is 1.54 bits per heavy atom. The van der Waals surface area contributed by atoms with Crippen molar-refractivity contribution in [1.82, 2.24) is 14.8 Å². The van der Waals surface area contributed by atoms with Gasteiger partial charge in [0.25, 0.3) is 0 Å². The average molecular weight is 371 g/mol. The highest BCUT2D eigenvalue weighted by Gasteiger charge is 2.32. The first-order valence-electron chi connectivity index (χ1n) is 8.22. The van der Waals surface area contributed by atoms with Crippen LogP contribution in [0.5, 0.6) is 0 Å². The number of aromatic nitrogens is 1. The van der Waals surface area contributed by atoms with Crippen LogP contribution >= 0.6 is 0 Å². The van der Waals surface area contributed by atoms with Gasteiger partial charge in [0.15, 0.2) is 0 Å². The molecular formula is C18H18F5N3. The van der Waals surface area contributed by atoms with Gasteiger partial charge in [0.2, 0.25) is 0 Å². The fraction of sp³-hybridized carbons (Fsp3) is 0.389. The van der Waals surface area contributed by atoms with Crippen LogP contribution in [0.2, 0.25) is 0 Å². The number of rotatable bonds is 4. The SMILES string of the molecule is Fc1ccc(CN2CCN(Cc3ccnc(C(F)(F)F)c3)CC2)c(F)c1. The fourth-order valence-corrected chi connectivity index (χ4v) is 2.98. The molecule has 1 aliphatic heterocycles. The summed E-state index contributed by atoms with van der Waals surface area (Å²) < 4.78 is 64.9. The largest absolute Gasteiger partial charge is 0.433 e. The van der Waals surface area contributed by atoms with Gasteiger partial charge in [-0.1, -0.05) is 6.07 Å². The van der Waals surface area contributed by atoms with E-state index in [1.165, 1.54) is 18.3 Å². The minimum Gasteiger partial charge on any atom is -0.297 e. The predicted molar refractivity (Wildman–Crippen MR) is 86.2 cm³/mol. The molecule has 3 nitrogen and oxygen atoms in total. The lowest BCUT2D eigenvalue weighted by molar-refractivity contribution is -0.141. The minimum absolute atomic E-state index is 0.382. The van der Waals surface area contributed by atoms with E-state index in [2.05, 4.69) is 4.98 Å². The highest BCUT2D eigenvalue weighted by atomic mass is 19.4. The van der Waals surface area contributed by atoms with Crippen LogP contribution in [-0.2, 0) is 19.3 Å². The molecule has 0 bridgehead atoms. The first-order valence-corrected chi connectivity index (χ1v) is 8.22. The van der Waals surface area contributed by atoms with Crippen molar-refractivity contribution in [3.63, 3.8) is 0 Å². The van der Waals surface area contributed by atoms with Gasteiger partial charge in [-0.15, -0.1) is 0 Å². The predicted octanol–water partition coefficient (Wildman–Crippen LogP) is 3.70. The molecule has 3 rings (SSSR count). The van der Waals surface area contributed by atoms with E-state index in [4.69, 9.17) is 0 Å². The van der Waals surface area contributed by atoms with E-state index in [0.717, 1.165) is 12.1 Å². The Labute approximate surface area is 148 Å². The summed E-state index contributed by atoms with van der Waals surface area (Å²) in [5.41, 5.74) is 0.106. The lowest BCUT2D eigenvalue weighted by Gasteiger charge is -2.34. The summed E-state index contributed by atoms with van der Waals surface area (Å²) >= 11 is 0. The van der Waals surface area contributed by atoms with Gasteiger partial charge in [-0.05, 0) is 23.8 Å². The highest BCUT2D eigenvalue weighted by Crippen LogP contribution is 2.28. The van der Waals surface area contributed by atoms with E-state index in [9.17, 15) is 22.0 Å². The van der Waals surface area contributed by atoms with Crippen molar-refractivity contribution in [3.05, 3.63) is 65.0 Å². The molecule has 1 aromatic heterocycles. The molecule has 0 amide bonds. The third-order valence-corrected chi connectivity index (χ3v) is 4.39. The molecule has 8 heteroatoms. The van der Waals surface area contributed by atoms with Crippen LogP contribution in [-0.4, -0.2) is 41.0 Å². The second-order valence-corrected chi connectivity index (χ2v) is 6.34. The summed E-state index contributed by atoms with van der Waals surface area (Å²) in [4.78, 5) is 7.45. The van der Waals surface area contributed by atoms with Gasteiger partial charge in [-0.25, -0.2) is 8.78 Å².